The van der Waals surface area contributed by atoms with Crippen LogP contribution in [0.4, 0.5) is 4.39 Å². The van der Waals surface area contributed by atoms with Crippen LogP contribution in [-0.4, -0.2) is 11.2 Å². The van der Waals surface area contributed by atoms with Gasteiger partial charge in [0.1, 0.15) is 23.8 Å². The van der Waals surface area contributed by atoms with Gasteiger partial charge in [0.15, 0.2) is 0 Å². The number of benzene rings is 1. The molecule has 0 amide bonds. The van der Waals surface area contributed by atoms with Crippen LogP contribution in [0.15, 0.2) is 12.1 Å². The van der Waals surface area contributed by atoms with Crippen molar-refractivity contribution in [2.24, 2.45) is 0 Å². The largest absolute Gasteiger partial charge is 0.487 e. The highest BCUT2D eigenvalue weighted by molar-refractivity contribution is 5.46. The Morgan fingerprint density at radius 3 is 2.80 bits per heavy atom. The Kier molecular flexibility index (Phi) is 2.65. The molecule has 1 aromatic carbocycles. The summed E-state index contributed by atoms with van der Waals surface area (Å²) in [5.74, 6) is 0.155. The van der Waals surface area contributed by atoms with Gasteiger partial charge in [-0.1, -0.05) is 19.4 Å². The molecule has 0 saturated heterocycles. The van der Waals surface area contributed by atoms with Crippen LogP contribution in [-0.2, 0) is 0 Å². The summed E-state index contributed by atoms with van der Waals surface area (Å²) in [4.78, 5) is 0. The molecule has 1 aliphatic heterocycles. The third-order valence-corrected chi connectivity index (χ3v) is 2.83. The number of aliphatic hydroxyl groups is 1. The standard InChI is InChI=1S/C12H15FO2/c1-3-4-9-11(14)10-8(13)6-5-7(2)12(10)15-9/h5-6,9,11,14H,3-4H2,1-2H3. The summed E-state index contributed by atoms with van der Waals surface area (Å²) in [5.41, 5.74) is 1.21. The van der Waals surface area contributed by atoms with Crippen molar-refractivity contribution in [2.75, 3.05) is 0 Å². The van der Waals surface area contributed by atoms with E-state index in [9.17, 15) is 9.50 Å². The molecule has 3 heteroatoms. The molecule has 0 fully saturated rings. The molecule has 2 nitrogen and oxygen atoms in total. The van der Waals surface area contributed by atoms with Crippen molar-refractivity contribution >= 4 is 0 Å². The lowest BCUT2D eigenvalue weighted by Crippen LogP contribution is -2.18. The highest BCUT2D eigenvalue weighted by Gasteiger charge is 2.35. The fourth-order valence-electron chi connectivity index (χ4n) is 2.02. The molecule has 2 unspecified atom stereocenters. The van der Waals surface area contributed by atoms with Gasteiger partial charge in [0, 0.05) is 0 Å². The number of rotatable bonds is 2. The minimum atomic E-state index is -0.820. The molecule has 1 aromatic rings. The summed E-state index contributed by atoms with van der Waals surface area (Å²) in [5, 5.41) is 9.91. The van der Waals surface area contributed by atoms with Gasteiger partial charge in [0.2, 0.25) is 0 Å². The van der Waals surface area contributed by atoms with Crippen LogP contribution in [0.5, 0.6) is 5.75 Å². The topological polar surface area (TPSA) is 29.5 Å². The van der Waals surface area contributed by atoms with Crippen molar-refractivity contribution in [3.8, 4) is 5.75 Å². The van der Waals surface area contributed by atoms with Crippen LogP contribution < -0.4 is 4.74 Å². The Labute approximate surface area is 88.7 Å². The molecule has 0 spiro atoms. The summed E-state index contributed by atoms with van der Waals surface area (Å²) in [7, 11) is 0. The average Bonchev–Trinajstić information content (AvgIpc) is 2.53. The first-order valence-corrected chi connectivity index (χ1v) is 5.29. The maximum Gasteiger partial charge on any atom is 0.132 e. The Morgan fingerprint density at radius 2 is 2.20 bits per heavy atom. The summed E-state index contributed by atoms with van der Waals surface area (Å²) in [6.45, 7) is 3.88. The normalized spacial score (nSPS) is 23.7. The number of ether oxygens (including phenoxy) is 1. The predicted octanol–water partition coefficient (Wildman–Crippen LogP) is 2.73. The van der Waals surface area contributed by atoms with Crippen molar-refractivity contribution in [1.82, 2.24) is 0 Å². The molecule has 1 N–H and O–H groups in total. The van der Waals surface area contributed by atoms with Crippen LogP contribution in [0, 0.1) is 12.7 Å². The van der Waals surface area contributed by atoms with E-state index in [0.29, 0.717) is 11.3 Å². The maximum atomic E-state index is 13.5. The van der Waals surface area contributed by atoms with Crippen molar-refractivity contribution in [3.05, 3.63) is 29.1 Å². The number of aryl methyl sites for hydroxylation is 1. The first-order chi connectivity index (χ1) is 7.15. The fraction of sp³-hybridized carbons (Fsp3) is 0.500. The lowest BCUT2D eigenvalue weighted by molar-refractivity contribution is 0.0601. The van der Waals surface area contributed by atoms with E-state index in [1.54, 1.807) is 6.07 Å². The van der Waals surface area contributed by atoms with E-state index in [1.807, 2.05) is 13.8 Å². The molecule has 0 aliphatic carbocycles. The van der Waals surface area contributed by atoms with E-state index in [0.717, 1.165) is 18.4 Å². The van der Waals surface area contributed by atoms with Crippen molar-refractivity contribution in [2.45, 2.75) is 38.9 Å². The molecule has 1 heterocycles. The minimum absolute atomic E-state index is 0.291. The zero-order valence-corrected chi connectivity index (χ0v) is 8.96. The smallest absolute Gasteiger partial charge is 0.132 e. The van der Waals surface area contributed by atoms with Gasteiger partial charge in [0.05, 0.1) is 5.56 Å². The highest BCUT2D eigenvalue weighted by Crippen LogP contribution is 2.41. The lowest BCUT2D eigenvalue weighted by Gasteiger charge is -2.12. The Hall–Kier alpha value is -1.09. The van der Waals surface area contributed by atoms with Crippen molar-refractivity contribution in [1.29, 1.82) is 0 Å². The second-order valence-corrected chi connectivity index (χ2v) is 4.00. The van der Waals surface area contributed by atoms with Crippen LogP contribution in [0.3, 0.4) is 0 Å². The van der Waals surface area contributed by atoms with Gasteiger partial charge in [-0.05, 0) is 25.0 Å². The molecule has 82 valence electrons. The Morgan fingerprint density at radius 1 is 1.47 bits per heavy atom. The fourth-order valence-corrected chi connectivity index (χ4v) is 2.02. The van der Waals surface area contributed by atoms with Crippen LogP contribution in [0.2, 0.25) is 0 Å². The van der Waals surface area contributed by atoms with Gasteiger partial charge >= 0.3 is 0 Å². The second-order valence-electron chi connectivity index (χ2n) is 4.00. The molecule has 0 aromatic heterocycles. The first-order valence-electron chi connectivity index (χ1n) is 5.29. The van der Waals surface area contributed by atoms with Crippen molar-refractivity contribution < 1.29 is 14.2 Å². The molecule has 0 saturated carbocycles. The van der Waals surface area contributed by atoms with Gasteiger partial charge in [-0.15, -0.1) is 0 Å². The van der Waals surface area contributed by atoms with Gasteiger partial charge in [-0.25, -0.2) is 4.39 Å². The van der Waals surface area contributed by atoms with E-state index in [2.05, 4.69) is 0 Å². The highest BCUT2D eigenvalue weighted by atomic mass is 19.1. The summed E-state index contributed by atoms with van der Waals surface area (Å²) < 4.78 is 19.1. The molecule has 2 rings (SSSR count). The van der Waals surface area contributed by atoms with Crippen molar-refractivity contribution in [3.63, 3.8) is 0 Å². The molecule has 2 atom stereocenters. The second kappa shape index (κ2) is 3.81. The minimum Gasteiger partial charge on any atom is -0.487 e. The molecule has 0 radical (unpaired) electrons. The zero-order chi connectivity index (χ0) is 11.0. The van der Waals surface area contributed by atoms with Crippen LogP contribution in [0.1, 0.15) is 37.0 Å². The molecular formula is C12H15FO2. The maximum absolute atomic E-state index is 13.5. The zero-order valence-electron chi connectivity index (χ0n) is 8.96. The van der Waals surface area contributed by atoms with Gasteiger partial charge < -0.3 is 9.84 Å². The van der Waals surface area contributed by atoms with E-state index in [-0.39, 0.29) is 11.9 Å². The summed E-state index contributed by atoms with van der Waals surface area (Å²) >= 11 is 0. The summed E-state index contributed by atoms with van der Waals surface area (Å²) in [6.07, 6.45) is 0.547. The van der Waals surface area contributed by atoms with E-state index in [1.165, 1.54) is 6.07 Å². The Balaban J connectivity index is 2.40. The monoisotopic (exact) mass is 210 g/mol. The number of halogens is 1. The average molecular weight is 210 g/mol. The van der Waals surface area contributed by atoms with Gasteiger partial charge in [-0.3, -0.25) is 0 Å². The van der Waals surface area contributed by atoms with E-state index >= 15 is 0 Å². The third-order valence-electron chi connectivity index (χ3n) is 2.83. The quantitative estimate of drug-likeness (QED) is 0.813. The number of hydrogen-bond acceptors (Lipinski definition) is 2. The molecular weight excluding hydrogens is 195 g/mol. The summed E-state index contributed by atoms with van der Waals surface area (Å²) in [6, 6.07) is 3.06. The lowest BCUT2D eigenvalue weighted by atomic mass is 10.0. The molecule has 1 aliphatic rings. The SMILES string of the molecule is CCCC1Oc2c(C)ccc(F)c2C1O. The number of fused-ring (bicyclic) bond motifs is 1. The Bertz CT molecular complexity index is 376. The number of aliphatic hydroxyl groups excluding tert-OH is 1. The van der Waals surface area contributed by atoms with E-state index < -0.39 is 6.10 Å². The van der Waals surface area contributed by atoms with Crippen LogP contribution >= 0.6 is 0 Å². The third kappa shape index (κ3) is 1.61. The predicted molar refractivity (Wildman–Crippen MR) is 55.4 cm³/mol. The van der Waals surface area contributed by atoms with Crippen LogP contribution in [0.25, 0.3) is 0 Å². The van der Waals surface area contributed by atoms with E-state index in [4.69, 9.17) is 4.74 Å². The first kappa shape index (κ1) is 10.4. The number of hydrogen-bond donors (Lipinski definition) is 1. The molecule has 0 bridgehead atoms. The molecule has 15 heavy (non-hydrogen) atoms. The van der Waals surface area contributed by atoms with Gasteiger partial charge in [-0.2, -0.15) is 0 Å². The van der Waals surface area contributed by atoms with Gasteiger partial charge in [0.25, 0.3) is 0 Å².